The van der Waals surface area contributed by atoms with Crippen molar-refractivity contribution in [1.29, 1.82) is 0 Å². The smallest absolute Gasteiger partial charge is 0.0412 e. The number of hydrogen-bond donors (Lipinski definition) is 0. The zero-order valence-corrected chi connectivity index (χ0v) is 8.28. The summed E-state index contributed by atoms with van der Waals surface area (Å²) >= 11 is 0. The molecule has 0 aliphatic heterocycles. The molecule has 0 spiro atoms. The predicted molar refractivity (Wildman–Crippen MR) is 52.8 cm³/mol. The fraction of sp³-hybridized carbons (Fsp3) is 0.375. The topological polar surface area (TPSA) is 12.9 Å². The van der Waals surface area contributed by atoms with Crippen molar-refractivity contribution in [1.82, 2.24) is 4.98 Å². The van der Waals surface area contributed by atoms with Gasteiger partial charge in [-0.1, -0.05) is 35.4 Å². The Bertz CT molecular complexity index is 199. The summed E-state index contributed by atoms with van der Waals surface area (Å²) in [5, 5.41) is 0.667. The molecule has 1 rings (SSSR count). The van der Waals surface area contributed by atoms with Gasteiger partial charge in [-0.2, -0.15) is 0 Å². The van der Waals surface area contributed by atoms with Crippen LogP contribution in [0.2, 0.25) is 0 Å². The average Bonchev–Trinajstić information content (AvgIpc) is 2.03. The number of rotatable bonds is 3. The Balaban J connectivity index is 2.39. The fourth-order valence-electron chi connectivity index (χ4n) is 0.548. The largest absolute Gasteiger partial charge is 0.264 e. The van der Waals surface area contributed by atoms with E-state index in [1.165, 1.54) is 4.90 Å². The third-order valence-electron chi connectivity index (χ3n) is 0.971. The van der Waals surface area contributed by atoms with Gasteiger partial charge in [0.15, 0.2) is 0 Å². The number of pyridine rings is 1. The van der Waals surface area contributed by atoms with Crippen LogP contribution in [0.25, 0.3) is 0 Å². The summed E-state index contributed by atoms with van der Waals surface area (Å²) in [7, 11) is 3.64. The van der Waals surface area contributed by atoms with E-state index in [4.69, 9.17) is 0 Å². The summed E-state index contributed by atoms with van der Waals surface area (Å²) in [5.41, 5.74) is 0. The number of nitrogens with zero attached hydrogens (tertiary/aromatic N) is 1. The van der Waals surface area contributed by atoms with Crippen molar-refractivity contribution >= 4 is 21.6 Å². The van der Waals surface area contributed by atoms with E-state index < -0.39 is 0 Å². The van der Waals surface area contributed by atoms with Crippen molar-refractivity contribution in [3.63, 3.8) is 0 Å². The van der Waals surface area contributed by atoms with Crippen molar-refractivity contribution in [3.8, 4) is 0 Å². The fourth-order valence-corrected chi connectivity index (χ4v) is 2.30. The standard InChI is InChI=1S/C8H11NS2/c1-7(2)10-11-8-4-3-5-9-6-8/h3-7H,1-2H3. The van der Waals surface area contributed by atoms with Crippen LogP contribution in [-0.2, 0) is 0 Å². The molecule has 0 radical (unpaired) electrons. The van der Waals surface area contributed by atoms with Crippen LogP contribution in [0.1, 0.15) is 13.8 Å². The molecule has 0 aliphatic carbocycles. The monoisotopic (exact) mass is 185 g/mol. The van der Waals surface area contributed by atoms with Gasteiger partial charge in [0.25, 0.3) is 0 Å². The Kier molecular flexibility index (Phi) is 3.80. The van der Waals surface area contributed by atoms with Gasteiger partial charge in [-0.05, 0) is 12.1 Å². The van der Waals surface area contributed by atoms with Gasteiger partial charge in [0.1, 0.15) is 0 Å². The Morgan fingerprint density at radius 1 is 1.45 bits per heavy atom. The lowest BCUT2D eigenvalue weighted by molar-refractivity contribution is 1.12. The van der Waals surface area contributed by atoms with Crippen LogP contribution in [0.3, 0.4) is 0 Å². The van der Waals surface area contributed by atoms with E-state index in [-0.39, 0.29) is 0 Å². The Hall–Kier alpha value is -0.150. The van der Waals surface area contributed by atoms with Gasteiger partial charge in [0, 0.05) is 22.5 Å². The first-order valence-electron chi connectivity index (χ1n) is 3.52. The minimum absolute atomic E-state index is 0.667. The third kappa shape index (κ3) is 3.68. The molecule has 60 valence electrons. The molecular weight excluding hydrogens is 174 g/mol. The lowest BCUT2D eigenvalue weighted by atomic mass is 10.5. The minimum atomic E-state index is 0.667. The molecule has 1 aromatic heterocycles. The predicted octanol–water partition coefficient (Wildman–Crippen LogP) is 3.23. The zero-order valence-electron chi connectivity index (χ0n) is 6.65. The van der Waals surface area contributed by atoms with Gasteiger partial charge in [-0.25, -0.2) is 0 Å². The molecule has 0 unspecified atom stereocenters. The maximum absolute atomic E-state index is 4.03. The molecule has 0 atom stereocenters. The highest BCUT2D eigenvalue weighted by Crippen LogP contribution is 2.33. The lowest BCUT2D eigenvalue weighted by Gasteiger charge is -2.01. The summed E-state index contributed by atoms with van der Waals surface area (Å²) in [6, 6.07) is 4.04. The summed E-state index contributed by atoms with van der Waals surface area (Å²) in [4.78, 5) is 5.26. The number of hydrogen-bond acceptors (Lipinski definition) is 3. The lowest BCUT2D eigenvalue weighted by Crippen LogP contribution is -1.80. The van der Waals surface area contributed by atoms with Crippen molar-refractivity contribution < 1.29 is 0 Å². The van der Waals surface area contributed by atoms with Crippen LogP contribution in [0.5, 0.6) is 0 Å². The molecule has 1 nitrogen and oxygen atoms in total. The summed E-state index contributed by atoms with van der Waals surface area (Å²) in [5.74, 6) is 0. The van der Waals surface area contributed by atoms with Gasteiger partial charge in [-0.3, -0.25) is 4.98 Å². The van der Waals surface area contributed by atoms with Crippen molar-refractivity contribution in [2.75, 3.05) is 0 Å². The van der Waals surface area contributed by atoms with Gasteiger partial charge in [0.05, 0.1) is 0 Å². The highest BCUT2D eigenvalue weighted by Gasteiger charge is 1.96. The molecule has 0 aromatic carbocycles. The quantitative estimate of drug-likeness (QED) is 0.671. The molecule has 0 fully saturated rings. The number of aromatic nitrogens is 1. The van der Waals surface area contributed by atoms with Crippen LogP contribution in [0, 0.1) is 0 Å². The molecule has 0 aliphatic rings. The van der Waals surface area contributed by atoms with E-state index in [1.54, 1.807) is 17.0 Å². The van der Waals surface area contributed by atoms with E-state index in [0.717, 1.165) is 0 Å². The highest BCUT2D eigenvalue weighted by atomic mass is 33.1. The maximum Gasteiger partial charge on any atom is 0.0412 e. The van der Waals surface area contributed by atoms with Crippen LogP contribution >= 0.6 is 21.6 Å². The Morgan fingerprint density at radius 3 is 2.82 bits per heavy atom. The molecule has 0 N–H and O–H groups in total. The Morgan fingerprint density at radius 2 is 2.27 bits per heavy atom. The van der Waals surface area contributed by atoms with Gasteiger partial charge in [-0.15, -0.1) is 0 Å². The van der Waals surface area contributed by atoms with E-state index in [1.807, 2.05) is 23.1 Å². The molecule has 0 saturated carbocycles. The van der Waals surface area contributed by atoms with Crippen molar-refractivity contribution in [3.05, 3.63) is 24.5 Å². The van der Waals surface area contributed by atoms with Crippen LogP contribution in [0.4, 0.5) is 0 Å². The van der Waals surface area contributed by atoms with Crippen molar-refractivity contribution in [2.24, 2.45) is 0 Å². The third-order valence-corrected chi connectivity index (χ3v) is 3.91. The molecule has 0 saturated heterocycles. The first-order valence-corrected chi connectivity index (χ1v) is 5.73. The summed E-state index contributed by atoms with van der Waals surface area (Å²) in [6.07, 6.45) is 3.68. The second-order valence-corrected chi connectivity index (χ2v) is 5.27. The normalized spacial score (nSPS) is 10.5. The Labute approximate surface area is 75.4 Å². The van der Waals surface area contributed by atoms with E-state index in [2.05, 4.69) is 24.9 Å². The highest BCUT2D eigenvalue weighted by molar-refractivity contribution is 8.76. The maximum atomic E-state index is 4.03. The molecule has 3 heteroatoms. The first kappa shape index (κ1) is 8.94. The zero-order chi connectivity index (χ0) is 8.10. The minimum Gasteiger partial charge on any atom is -0.264 e. The first-order chi connectivity index (χ1) is 5.29. The molecule has 0 amide bonds. The molecule has 0 bridgehead atoms. The van der Waals surface area contributed by atoms with Crippen LogP contribution < -0.4 is 0 Å². The van der Waals surface area contributed by atoms with Crippen LogP contribution in [-0.4, -0.2) is 10.2 Å². The SMILES string of the molecule is CC(C)SSc1cccnc1. The van der Waals surface area contributed by atoms with Gasteiger partial charge in [0.2, 0.25) is 0 Å². The van der Waals surface area contributed by atoms with Crippen molar-refractivity contribution in [2.45, 2.75) is 24.0 Å². The second-order valence-electron chi connectivity index (χ2n) is 2.42. The molecular formula is C8H11NS2. The summed E-state index contributed by atoms with van der Waals surface area (Å²) < 4.78 is 0. The van der Waals surface area contributed by atoms with E-state index in [0.29, 0.717) is 5.25 Å². The molecule has 11 heavy (non-hydrogen) atoms. The molecule has 1 heterocycles. The molecule has 1 aromatic rings. The average molecular weight is 185 g/mol. The van der Waals surface area contributed by atoms with Crippen LogP contribution in [0.15, 0.2) is 29.4 Å². The van der Waals surface area contributed by atoms with E-state index in [9.17, 15) is 0 Å². The van der Waals surface area contributed by atoms with Gasteiger partial charge >= 0.3 is 0 Å². The summed E-state index contributed by atoms with van der Waals surface area (Å²) in [6.45, 7) is 4.38. The van der Waals surface area contributed by atoms with E-state index >= 15 is 0 Å². The second kappa shape index (κ2) is 4.67. The van der Waals surface area contributed by atoms with Gasteiger partial charge < -0.3 is 0 Å².